The molecule has 0 fully saturated rings. The number of unbranched alkanes of at least 4 members (excludes halogenated alkanes) is 2. The van der Waals surface area contributed by atoms with Gasteiger partial charge in [0, 0.05) is 0 Å². The summed E-state index contributed by atoms with van der Waals surface area (Å²) in [5.41, 5.74) is 3.71. The van der Waals surface area contributed by atoms with Crippen molar-refractivity contribution in [2.45, 2.75) is 65.7 Å². The molecule has 1 atom stereocenters. The van der Waals surface area contributed by atoms with Crippen molar-refractivity contribution >= 4 is 5.97 Å². The van der Waals surface area contributed by atoms with Crippen LogP contribution in [0.2, 0.25) is 0 Å². The highest BCUT2D eigenvalue weighted by Crippen LogP contribution is 2.32. The molecule has 19 heavy (non-hydrogen) atoms. The quantitative estimate of drug-likeness (QED) is 0.696. The summed E-state index contributed by atoms with van der Waals surface area (Å²) in [5, 5.41) is 9.43. The Hall–Kier alpha value is -1.31. The molecule has 0 spiro atoms. The highest BCUT2D eigenvalue weighted by molar-refractivity contribution is 5.90. The molecule has 0 aromatic heterocycles. The molecule has 0 bridgehead atoms. The van der Waals surface area contributed by atoms with Crippen LogP contribution in [0, 0.1) is 13.8 Å². The lowest BCUT2D eigenvalue weighted by molar-refractivity contribution is 0.0694. The number of aromatic carboxylic acids is 1. The van der Waals surface area contributed by atoms with Gasteiger partial charge in [-0.3, -0.25) is 0 Å². The van der Waals surface area contributed by atoms with E-state index in [1.54, 1.807) is 0 Å². The summed E-state index contributed by atoms with van der Waals surface area (Å²) >= 11 is 0. The third-order valence-electron chi connectivity index (χ3n) is 3.82. The predicted molar refractivity (Wildman–Crippen MR) is 80.0 cm³/mol. The number of carboxylic acid groups (broad SMARTS) is 1. The van der Waals surface area contributed by atoms with E-state index in [1.807, 2.05) is 19.9 Å². The fourth-order valence-corrected chi connectivity index (χ4v) is 2.89. The van der Waals surface area contributed by atoms with Gasteiger partial charge in [-0.2, -0.15) is 0 Å². The van der Waals surface area contributed by atoms with E-state index in [1.165, 1.54) is 19.3 Å². The molecule has 0 heterocycles. The van der Waals surface area contributed by atoms with E-state index < -0.39 is 5.97 Å². The van der Waals surface area contributed by atoms with Gasteiger partial charge in [-0.1, -0.05) is 39.2 Å². The Morgan fingerprint density at radius 3 is 2.42 bits per heavy atom. The standard InChI is InChI=1S/C17H26O2/c1-5-7-8-9-14(6-2)16-13(4)10-12(3)11-15(16)17(18)19/h10-11,14H,5-9H2,1-4H3,(H,18,19). The Labute approximate surface area is 116 Å². The monoisotopic (exact) mass is 262 g/mol. The molecule has 2 heteroatoms. The molecule has 1 unspecified atom stereocenters. The van der Waals surface area contributed by atoms with Gasteiger partial charge in [0.2, 0.25) is 0 Å². The summed E-state index contributed by atoms with van der Waals surface area (Å²) in [4.78, 5) is 11.5. The van der Waals surface area contributed by atoms with Gasteiger partial charge in [-0.15, -0.1) is 0 Å². The summed E-state index contributed by atoms with van der Waals surface area (Å²) < 4.78 is 0. The minimum atomic E-state index is -0.796. The van der Waals surface area contributed by atoms with E-state index in [0.29, 0.717) is 11.5 Å². The number of benzene rings is 1. The van der Waals surface area contributed by atoms with Gasteiger partial charge in [0.05, 0.1) is 5.56 Å². The molecule has 0 amide bonds. The molecular formula is C17H26O2. The van der Waals surface area contributed by atoms with Gasteiger partial charge in [0.15, 0.2) is 0 Å². The van der Waals surface area contributed by atoms with Gasteiger partial charge in [-0.05, 0) is 55.4 Å². The van der Waals surface area contributed by atoms with Crippen LogP contribution < -0.4 is 0 Å². The van der Waals surface area contributed by atoms with Crippen LogP contribution in [-0.2, 0) is 0 Å². The van der Waals surface area contributed by atoms with Crippen molar-refractivity contribution in [3.8, 4) is 0 Å². The SMILES string of the molecule is CCCCCC(CC)c1c(C)cc(C)cc1C(=O)O. The van der Waals surface area contributed by atoms with Crippen molar-refractivity contribution in [3.05, 3.63) is 34.4 Å². The average Bonchev–Trinajstić information content (AvgIpc) is 2.35. The molecular weight excluding hydrogens is 236 g/mol. The number of rotatable bonds is 7. The molecule has 0 aliphatic rings. The first-order valence-corrected chi connectivity index (χ1v) is 7.35. The average molecular weight is 262 g/mol. The van der Waals surface area contributed by atoms with E-state index in [4.69, 9.17) is 0 Å². The first kappa shape index (κ1) is 15.7. The van der Waals surface area contributed by atoms with Crippen molar-refractivity contribution < 1.29 is 9.90 Å². The van der Waals surface area contributed by atoms with Crippen LogP contribution in [-0.4, -0.2) is 11.1 Å². The Balaban J connectivity index is 3.11. The Morgan fingerprint density at radius 1 is 1.21 bits per heavy atom. The summed E-state index contributed by atoms with van der Waals surface area (Å²) in [6.07, 6.45) is 5.71. The maximum absolute atomic E-state index is 11.5. The third-order valence-corrected chi connectivity index (χ3v) is 3.82. The van der Waals surface area contributed by atoms with Gasteiger partial charge in [0.1, 0.15) is 0 Å². The number of carboxylic acids is 1. The van der Waals surface area contributed by atoms with Gasteiger partial charge < -0.3 is 5.11 Å². The van der Waals surface area contributed by atoms with Crippen molar-refractivity contribution in [1.29, 1.82) is 0 Å². The molecule has 1 rings (SSSR count). The Bertz CT molecular complexity index is 435. The molecule has 0 radical (unpaired) electrons. The second-order valence-corrected chi connectivity index (χ2v) is 5.45. The highest BCUT2D eigenvalue weighted by atomic mass is 16.4. The van der Waals surface area contributed by atoms with Crippen molar-refractivity contribution in [3.63, 3.8) is 0 Å². The van der Waals surface area contributed by atoms with E-state index in [-0.39, 0.29) is 0 Å². The van der Waals surface area contributed by atoms with Gasteiger partial charge >= 0.3 is 5.97 Å². The van der Waals surface area contributed by atoms with Crippen LogP contribution >= 0.6 is 0 Å². The zero-order valence-electron chi connectivity index (χ0n) is 12.6. The smallest absolute Gasteiger partial charge is 0.335 e. The summed E-state index contributed by atoms with van der Waals surface area (Å²) in [6, 6.07) is 3.91. The van der Waals surface area contributed by atoms with Gasteiger partial charge in [-0.25, -0.2) is 4.79 Å². The summed E-state index contributed by atoms with van der Waals surface area (Å²) in [6.45, 7) is 8.35. The Morgan fingerprint density at radius 2 is 1.89 bits per heavy atom. The largest absolute Gasteiger partial charge is 0.478 e. The number of hydrogen-bond donors (Lipinski definition) is 1. The lowest BCUT2D eigenvalue weighted by Gasteiger charge is -2.21. The second kappa shape index (κ2) is 7.32. The number of carbonyl (C=O) groups is 1. The lowest BCUT2D eigenvalue weighted by Crippen LogP contribution is -2.10. The molecule has 1 N–H and O–H groups in total. The zero-order valence-corrected chi connectivity index (χ0v) is 12.6. The number of hydrogen-bond acceptors (Lipinski definition) is 1. The third kappa shape index (κ3) is 4.09. The van der Waals surface area contributed by atoms with E-state index >= 15 is 0 Å². The van der Waals surface area contributed by atoms with Crippen LogP contribution in [0.1, 0.15) is 78.9 Å². The lowest BCUT2D eigenvalue weighted by atomic mass is 9.84. The fraction of sp³-hybridized carbons (Fsp3) is 0.588. The van der Waals surface area contributed by atoms with Crippen LogP contribution in [0.25, 0.3) is 0 Å². The summed E-state index contributed by atoms with van der Waals surface area (Å²) in [7, 11) is 0. The maximum Gasteiger partial charge on any atom is 0.335 e. The molecule has 0 saturated carbocycles. The predicted octanol–water partition coefficient (Wildman–Crippen LogP) is 5.08. The van der Waals surface area contributed by atoms with E-state index in [2.05, 4.69) is 19.9 Å². The minimum Gasteiger partial charge on any atom is -0.478 e. The first-order chi connectivity index (χ1) is 9.01. The maximum atomic E-state index is 11.5. The van der Waals surface area contributed by atoms with Crippen LogP contribution in [0.5, 0.6) is 0 Å². The molecule has 0 aliphatic heterocycles. The van der Waals surface area contributed by atoms with Crippen molar-refractivity contribution in [2.75, 3.05) is 0 Å². The summed E-state index contributed by atoms with van der Waals surface area (Å²) in [5.74, 6) is -0.422. The topological polar surface area (TPSA) is 37.3 Å². The van der Waals surface area contributed by atoms with E-state index in [9.17, 15) is 9.90 Å². The van der Waals surface area contributed by atoms with Crippen LogP contribution in [0.15, 0.2) is 12.1 Å². The van der Waals surface area contributed by atoms with Crippen molar-refractivity contribution in [1.82, 2.24) is 0 Å². The normalized spacial score (nSPS) is 12.4. The molecule has 0 saturated heterocycles. The Kier molecular flexibility index (Phi) is 6.07. The van der Waals surface area contributed by atoms with Crippen LogP contribution in [0.3, 0.4) is 0 Å². The molecule has 106 valence electrons. The first-order valence-electron chi connectivity index (χ1n) is 7.35. The molecule has 1 aromatic rings. The van der Waals surface area contributed by atoms with E-state index in [0.717, 1.165) is 29.5 Å². The number of aryl methyl sites for hydroxylation is 2. The minimum absolute atomic E-state index is 0.373. The fourth-order valence-electron chi connectivity index (χ4n) is 2.89. The molecule has 0 aliphatic carbocycles. The molecule has 2 nitrogen and oxygen atoms in total. The molecule has 1 aromatic carbocycles. The second-order valence-electron chi connectivity index (χ2n) is 5.45. The van der Waals surface area contributed by atoms with Crippen molar-refractivity contribution in [2.24, 2.45) is 0 Å². The van der Waals surface area contributed by atoms with Crippen LogP contribution in [0.4, 0.5) is 0 Å². The van der Waals surface area contributed by atoms with Gasteiger partial charge in [0.25, 0.3) is 0 Å². The zero-order chi connectivity index (χ0) is 14.4. The highest BCUT2D eigenvalue weighted by Gasteiger charge is 2.20.